The van der Waals surface area contributed by atoms with Crippen LogP contribution in [-0.4, -0.2) is 66.8 Å². The van der Waals surface area contributed by atoms with Gasteiger partial charge < -0.3 is 14.9 Å². The third-order valence-electron chi connectivity index (χ3n) is 6.32. The Bertz CT molecular complexity index is 539. The van der Waals surface area contributed by atoms with Crippen LogP contribution in [0.4, 0.5) is 5.69 Å². The summed E-state index contributed by atoms with van der Waals surface area (Å²) in [5.41, 5.74) is 0.994. The van der Waals surface area contributed by atoms with Gasteiger partial charge in [-0.3, -0.25) is 4.90 Å². The first kappa shape index (κ1) is 16.2. The molecule has 1 N–H and O–H groups in total. The summed E-state index contributed by atoms with van der Waals surface area (Å²) in [6.07, 6.45) is 7.06. The van der Waals surface area contributed by atoms with Gasteiger partial charge in [-0.2, -0.15) is 0 Å². The number of benzene rings is 1. The summed E-state index contributed by atoms with van der Waals surface area (Å²) in [6.45, 7) is 8.24. The van der Waals surface area contributed by atoms with Crippen LogP contribution in [0.15, 0.2) is 24.3 Å². The third kappa shape index (κ3) is 3.40. The van der Waals surface area contributed by atoms with Gasteiger partial charge in [0.15, 0.2) is 0 Å². The fraction of sp³-hybridized carbons (Fsp3) is 0.700. The van der Waals surface area contributed by atoms with E-state index < -0.39 is 0 Å². The molecule has 1 aromatic rings. The van der Waals surface area contributed by atoms with Crippen LogP contribution in [0.2, 0.25) is 0 Å². The van der Waals surface area contributed by atoms with Gasteiger partial charge in [0.25, 0.3) is 0 Å². The summed E-state index contributed by atoms with van der Waals surface area (Å²) in [6, 6.07) is 8.59. The van der Waals surface area contributed by atoms with E-state index in [0.717, 1.165) is 43.8 Å². The molecule has 1 aromatic carbocycles. The van der Waals surface area contributed by atoms with E-state index in [4.69, 9.17) is 0 Å². The van der Waals surface area contributed by atoms with Crippen LogP contribution in [0, 0.1) is 5.92 Å². The topological polar surface area (TPSA) is 30.0 Å². The van der Waals surface area contributed by atoms with Crippen molar-refractivity contribution < 1.29 is 5.11 Å². The molecule has 24 heavy (non-hydrogen) atoms. The van der Waals surface area contributed by atoms with Crippen molar-refractivity contribution in [2.75, 3.05) is 50.7 Å². The fourth-order valence-electron chi connectivity index (χ4n) is 5.02. The summed E-state index contributed by atoms with van der Waals surface area (Å²) in [5.74, 6) is 1.28. The Balaban J connectivity index is 1.32. The molecule has 0 aromatic heterocycles. The standard InChI is InChI=1S/C20H31N3O/c24-20-9-2-1-8-19(20)23-14-12-21(13-15-23)16-17-6-5-11-22-10-4-3-7-18(17)22/h1-2,8-9,17-18,24H,3-7,10-16H2/t17-,18+/m0/s1. The smallest absolute Gasteiger partial charge is 0.138 e. The van der Waals surface area contributed by atoms with Gasteiger partial charge in [-0.1, -0.05) is 18.6 Å². The zero-order chi connectivity index (χ0) is 16.4. The number of rotatable bonds is 3. The molecular weight excluding hydrogens is 298 g/mol. The lowest BCUT2D eigenvalue weighted by atomic mass is 9.83. The highest BCUT2D eigenvalue weighted by molar-refractivity contribution is 5.57. The average molecular weight is 329 g/mol. The van der Waals surface area contributed by atoms with Crippen molar-refractivity contribution in [1.29, 1.82) is 0 Å². The van der Waals surface area contributed by atoms with Gasteiger partial charge in [-0.15, -0.1) is 0 Å². The maximum atomic E-state index is 10.1. The Hall–Kier alpha value is -1.26. The molecule has 0 aliphatic carbocycles. The Morgan fingerprint density at radius 3 is 2.50 bits per heavy atom. The van der Waals surface area contributed by atoms with Gasteiger partial charge in [0, 0.05) is 38.8 Å². The van der Waals surface area contributed by atoms with Crippen LogP contribution >= 0.6 is 0 Å². The number of phenols is 1. The first-order valence-electron chi connectivity index (χ1n) is 9.80. The van der Waals surface area contributed by atoms with Gasteiger partial charge in [0.1, 0.15) is 5.75 Å². The third-order valence-corrected chi connectivity index (χ3v) is 6.32. The number of nitrogens with zero attached hydrogens (tertiary/aromatic N) is 3. The van der Waals surface area contributed by atoms with Crippen molar-refractivity contribution in [2.24, 2.45) is 5.92 Å². The van der Waals surface area contributed by atoms with Crippen LogP contribution in [0.5, 0.6) is 5.75 Å². The van der Waals surface area contributed by atoms with Crippen molar-refractivity contribution in [3.8, 4) is 5.75 Å². The molecule has 3 saturated heterocycles. The lowest BCUT2D eigenvalue weighted by molar-refractivity contribution is 0.0394. The predicted octanol–water partition coefficient (Wildman–Crippen LogP) is 2.78. The molecule has 132 valence electrons. The van der Waals surface area contributed by atoms with E-state index >= 15 is 0 Å². The second-order valence-electron chi connectivity index (χ2n) is 7.78. The normalized spacial score (nSPS) is 29.4. The van der Waals surface area contributed by atoms with E-state index in [1.165, 1.54) is 51.7 Å². The summed E-state index contributed by atoms with van der Waals surface area (Å²) in [5, 5.41) is 10.1. The van der Waals surface area contributed by atoms with E-state index in [1.807, 2.05) is 18.2 Å². The van der Waals surface area contributed by atoms with E-state index in [0.29, 0.717) is 5.75 Å². The molecule has 0 radical (unpaired) electrons. The number of hydrogen-bond acceptors (Lipinski definition) is 4. The molecule has 2 atom stereocenters. The maximum Gasteiger partial charge on any atom is 0.138 e. The number of fused-ring (bicyclic) bond motifs is 1. The lowest BCUT2D eigenvalue weighted by Gasteiger charge is -2.46. The maximum absolute atomic E-state index is 10.1. The fourth-order valence-corrected chi connectivity index (χ4v) is 5.02. The summed E-state index contributed by atoms with van der Waals surface area (Å²) in [4.78, 5) is 7.77. The molecular formula is C20H31N3O. The molecule has 0 spiro atoms. The molecule has 3 fully saturated rings. The summed E-state index contributed by atoms with van der Waals surface area (Å²) in [7, 11) is 0. The molecule has 3 aliphatic heterocycles. The highest BCUT2D eigenvalue weighted by Crippen LogP contribution is 2.32. The number of anilines is 1. The molecule has 0 saturated carbocycles. The quantitative estimate of drug-likeness (QED) is 0.923. The molecule has 3 aliphatic rings. The number of phenolic OH excluding ortho intramolecular Hbond substituents is 1. The molecule has 0 unspecified atom stereocenters. The highest BCUT2D eigenvalue weighted by atomic mass is 16.3. The molecule has 4 heteroatoms. The van der Waals surface area contributed by atoms with Crippen LogP contribution in [0.25, 0.3) is 0 Å². The highest BCUT2D eigenvalue weighted by Gasteiger charge is 2.34. The zero-order valence-corrected chi connectivity index (χ0v) is 14.7. The first-order chi connectivity index (χ1) is 11.8. The predicted molar refractivity (Wildman–Crippen MR) is 98.7 cm³/mol. The van der Waals surface area contributed by atoms with Crippen LogP contribution in [-0.2, 0) is 0 Å². The van der Waals surface area contributed by atoms with Gasteiger partial charge in [-0.25, -0.2) is 0 Å². The van der Waals surface area contributed by atoms with Gasteiger partial charge in [0.2, 0.25) is 0 Å². The average Bonchev–Trinajstić information content (AvgIpc) is 2.63. The van der Waals surface area contributed by atoms with Crippen LogP contribution < -0.4 is 4.90 Å². The van der Waals surface area contributed by atoms with Crippen LogP contribution in [0.1, 0.15) is 32.1 Å². The van der Waals surface area contributed by atoms with E-state index in [1.54, 1.807) is 6.07 Å². The Morgan fingerprint density at radius 2 is 1.67 bits per heavy atom. The number of piperazine rings is 1. The number of hydrogen-bond donors (Lipinski definition) is 1. The minimum atomic E-state index is 0.413. The summed E-state index contributed by atoms with van der Waals surface area (Å²) >= 11 is 0. The molecule has 4 rings (SSSR count). The second-order valence-corrected chi connectivity index (χ2v) is 7.78. The van der Waals surface area contributed by atoms with Crippen molar-refractivity contribution in [2.45, 2.75) is 38.1 Å². The van der Waals surface area contributed by atoms with Crippen molar-refractivity contribution in [1.82, 2.24) is 9.80 Å². The van der Waals surface area contributed by atoms with Crippen molar-refractivity contribution >= 4 is 5.69 Å². The Kier molecular flexibility index (Phi) is 4.95. The second kappa shape index (κ2) is 7.32. The van der Waals surface area contributed by atoms with Gasteiger partial charge >= 0.3 is 0 Å². The van der Waals surface area contributed by atoms with E-state index in [2.05, 4.69) is 14.7 Å². The number of para-hydroxylation sites is 2. The molecule has 3 heterocycles. The van der Waals surface area contributed by atoms with Crippen LogP contribution in [0.3, 0.4) is 0 Å². The van der Waals surface area contributed by atoms with Crippen molar-refractivity contribution in [3.05, 3.63) is 24.3 Å². The molecule has 0 amide bonds. The molecule has 4 nitrogen and oxygen atoms in total. The van der Waals surface area contributed by atoms with Gasteiger partial charge in [0.05, 0.1) is 5.69 Å². The molecule has 0 bridgehead atoms. The SMILES string of the molecule is Oc1ccccc1N1CCN(C[C@@H]2CCCN3CCCC[C@H]23)CC1. The zero-order valence-electron chi connectivity index (χ0n) is 14.7. The minimum absolute atomic E-state index is 0.413. The largest absolute Gasteiger partial charge is 0.506 e. The first-order valence-corrected chi connectivity index (χ1v) is 9.80. The number of piperidine rings is 2. The van der Waals surface area contributed by atoms with E-state index in [9.17, 15) is 5.11 Å². The monoisotopic (exact) mass is 329 g/mol. The Labute approximate surface area is 146 Å². The van der Waals surface area contributed by atoms with Gasteiger partial charge in [-0.05, 0) is 56.8 Å². The Morgan fingerprint density at radius 1 is 0.875 bits per heavy atom. The van der Waals surface area contributed by atoms with Crippen molar-refractivity contribution in [3.63, 3.8) is 0 Å². The lowest BCUT2D eigenvalue weighted by Crippen LogP contribution is -2.53. The number of aromatic hydroxyl groups is 1. The summed E-state index contributed by atoms with van der Waals surface area (Å²) < 4.78 is 0. The van der Waals surface area contributed by atoms with E-state index in [-0.39, 0.29) is 0 Å². The minimum Gasteiger partial charge on any atom is -0.506 e.